The van der Waals surface area contributed by atoms with Gasteiger partial charge in [0.1, 0.15) is 0 Å². The van der Waals surface area contributed by atoms with E-state index in [-0.39, 0.29) is 0 Å². The largest absolute Gasteiger partial charge is 0.310 e. The lowest BCUT2D eigenvalue weighted by molar-refractivity contribution is 0.768. The molecule has 13 aromatic carbocycles. The number of anilines is 3. The minimum Gasteiger partial charge on any atom is -0.310 e. The molecule has 0 fully saturated rings. The normalized spacial score (nSPS) is 13.4. The number of rotatable bonds is 7. The first kappa shape index (κ1) is 46.7. The Morgan fingerprint density at radius 2 is 0.556 bits per heavy atom. The summed E-state index contributed by atoms with van der Waals surface area (Å²) < 4.78 is 0. The van der Waals surface area contributed by atoms with E-state index in [4.69, 9.17) is 0 Å². The maximum Gasteiger partial charge on any atom is 0.0725 e. The Balaban J connectivity index is 0.911. The van der Waals surface area contributed by atoms with Crippen molar-refractivity contribution < 1.29 is 0 Å². The van der Waals surface area contributed by atoms with Crippen molar-refractivity contribution >= 4 is 17.1 Å². The van der Waals surface area contributed by atoms with E-state index >= 15 is 0 Å². The molecule has 3 aliphatic carbocycles. The van der Waals surface area contributed by atoms with Crippen LogP contribution in [-0.4, -0.2) is 0 Å². The van der Waals surface area contributed by atoms with Crippen molar-refractivity contribution in [3.05, 3.63) is 366 Å². The van der Waals surface area contributed by atoms with Crippen molar-refractivity contribution in [1.29, 1.82) is 0 Å². The van der Waals surface area contributed by atoms with Crippen LogP contribution in [0.3, 0.4) is 0 Å². The molecule has 0 N–H and O–H groups in total. The van der Waals surface area contributed by atoms with Gasteiger partial charge in [0.2, 0.25) is 0 Å². The highest BCUT2D eigenvalue weighted by Crippen LogP contribution is 2.62. The molecular formula is C80H53N. The van der Waals surface area contributed by atoms with E-state index in [0.717, 1.165) is 28.2 Å². The van der Waals surface area contributed by atoms with Gasteiger partial charge in [-0.25, -0.2) is 0 Å². The van der Waals surface area contributed by atoms with Gasteiger partial charge in [-0.3, -0.25) is 0 Å². The SMILES string of the molecule is c1ccc(-c2cccc(N(c3ccc(-c4cccc5c4-c4ccccc4-c4ccccc4C4(c6ccccc6-c6ccccc64)c4ccccc4-5)cc3)c3ccc4c(c3)C(c3ccccc3)(c3ccccc3)c3ccccc3-4)c2)cc1. The number of hydrogen-bond acceptors (Lipinski definition) is 1. The van der Waals surface area contributed by atoms with Gasteiger partial charge >= 0.3 is 0 Å². The van der Waals surface area contributed by atoms with Crippen molar-refractivity contribution in [2.24, 2.45) is 0 Å². The molecule has 0 saturated carbocycles. The molecule has 0 heterocycles. The quantitative estimate of drug-likeness (QED) is 0.154. The van der Waals surface area contributed by atoms with Gasteiger partial charge in [0.15, 0.2) is 0 Å². The highest BCUT2D eigenvalue weighted by Gasteiger charge is 2.49. The first-order valence-corrected chi connectivity index (χ1v) is 28.2. The van der Waals surface area contributed by atoms with Crippen LogP contribution < -0.4 is 4.90 Å². The summed E-state index contributed by atoms with van der Waals surface area (Å²) in [6.45, 7) is 0. The third-order valence-corrected chi connectivity index (χ3v) is 17.8. The van der Waals surface area contributed by atoms with Crippen LogP contribution in [0.15, 0.2) is 322 Å². The predicted molar refractivity (Wildman–Crippen MR) is 336 cm³/mol. The lowest BCUT2D eigenvalue weighted by atomic mass is 9.64. The first-order valence-electron chi connectivity index (χ1n) is 28.2. The number of hydrogen-bond donors (Lipinski definition) is 0. The van der Waals surface area contributed by atoms with Crippen LogP contribution in [-0.2, 0) is 10.8 Å². The molecule has 0 unspecified atom stereocenters. The molecule has 0 atom stereocenters. The Bertz CT molecular complexity index is 4490. The molecule has 0 aliphatic heterocycles. The minimum atomic E-state index is -0.587. The van der Waals surface area contributed by atoms with Crippen LogP contribution in [0.4, 0.5) is 17.1 Å². The van der Waals surface area contributed by atoms with Gasteiger partial charge < -0.3 is 4.90 Å². The van der Waals surface area contributed by atoms with Crippen LogP contribution in [0.1, 0.15) is 44.5 Å². The van der Waals surface area contributed by atoms with Crippen LogP contribution in [0.25, 0.3) is 77.9 Å². The first-order chi connectivity index (χ1) is 40.2. The van der Waals surface area contributed by atoms with E-state index in [1.165, 1.54) is 111 Å². The fourth-order valence-corrected chi connectivity index (χ4v) is 14.6. The smallest absolute Gasteiger partial charge is 0.0725 e. The molecule has 0 amide bonds. The van der Waals surface area contributed by atoms with Crippen LogP contribution in [0.5, 0.6) is 0 Å². The number of nitrogens with zero attached hydrogens (tertiary/aromatic N) is 1. The molecular weight excluding hydrogens is 975 g/mol. The molecule has 0 bridgehead atoms. The van der Waals surface area contributed by atoms with Crippen molar-refractivity contribution in [2.45, 2.75) is 10.8 Å². The maximum absolute atomic E-state index is 2.47. The zero-order valence-corrected chi connectivity index (χ0v) is 44.5. The lowest BCUT2D eigenvalue weighted by Crippen LogP contribution is -2.30. The van der Waals surface area contributed by atoms with Gasteiger partial charge in [-0.15, -0.1) is 0 Å². The summed E-state index contributed by atoms with van der Waals surface area (Å²) in [5.41, 5.74) is 29.5. The van der Waals surface area contributed by atoms with Gasteiger partial charge in [0.25, 0.3) is 0 Å². The van der Waals surface area contributed by atoms with Crippen molar-refractivity contribution in [3.63, 3.8) is 0 Å². The summed E-state index contributed by atoms with van der Waals surface area (Å²) in [5.74, 6) is 0. The summed E-state index contributed by atoms with van der Waals surface area (Å²) in [6.07, 6.45) is 0. The van der Waals surface area contributed by atoms with E-state index in [0.29, 0.717) is 0 Å². The summed E-state index contributed by atoms with van der Waals surface area (Å²) >= 11 is 0. The summed E-state index contributed by atoms with van der Waals surface area (Å²) in [6, 6.07) is 120. The number of fused-ring (bicyclic) bond motifs is 17. The van der Waals surface area contributed by atoms with Crippen LogP contribution in [0, 0.1) is 0 Å². The molecule has 1 heteroatoms. The maximum atomic E-state index is 2.47. The lowest BCUT2D eigenvalue weighted by Gasteiger charge is -2.36. The van der Waals surface area contributed by atoms with Gasteiger partial charge in [0, 0.05) is 17.1 Å². The van der Waals surface area contributed by atoms with E-state index in [2.05, 4.69) is 326 Å². The second-order valence-electron chi connectivity index (χ2n) is 21.8. The second kappa shape index (κ2) is 18.7. The average Bonchev–Trinajstić information content (AvgIpc) is 4.21. The fourth-order valence-electron chi connectivity index (χ4n) is 14.6. The van der Waals surface area contributed by atoms with Gasteiger partial charge in [-0.1, -0.05) is 285 Å². The zero-order chi connectivity index (χ0) is 53.5. The van der Waals surface area contributed by atoms with E-state index in [1.54, 1.807) is 0 Å². The van der Waals surface area contributed by atoms with Gasteiger partial charge in [-0.2, -0.15) is 0 Å². The third-order valence-electron chi connectivity index (χ3n) is 17.8. The summed E-state index contributed by atoms with van der Waals surface area (Å²) in [4.78, 5) is 2.46. The molecule has 378 valence electrons. The monoisotopic (exact) mass is 1030 g/mol. The van der Waals surface area contributed by atoms with Crippen molar-refractivity contribution in [2.75, 3.05) is 4.90 Å². The Hall–Kier alpha value is -10.3. The molecule has 81 heavy (non-hydrogen) atoms. The molecule has 13 aromatic rings. The van der Waals surface area contributed by atoms with Crippen molar-refractivity contribution in [3.8, 4) is 77.9 Å². The fraction of sp³-hybridized carbons (Fsp3) is 0.0250. The molecule has 0 radical (unpaired) electrons. The Morgan fingerprint density at radius 1 is 0.185 bits per heavy atom. The molecule has 1 nitrogen and oxygen atoms in total. The summed E-state index contributed by atoms with van der Waals surface area (Å²) in [7, 11) is 0. The Morgan fingerprint density at radius 3 is 1.11 bits per heavy atom. The zero-order valence-electron chi connectivity index (χ0n) is 44.5. The van der Waals surface area contributed by atoms with Gasteiger partial charge in [0.05, 0.1) is 10.8 Å². The van der Waals surface area contributed by atoms with E-state index < -0.39 is 10.8 Å². The highest BCUT2D eigenvalue weighted by atomic mass is 15.1. The molecule has 3 aliphatic rings. The van der Waals surface area contributed by atoms with E-state index in [1.807, 2.05) is 0 Å². The van der Waals surface area contributed by atoms with Crippen LogP contribution >= 0.6 is 0 Å². The third kappa shape index (κ3) is 6.92. The second-order valence-corrected chi connectivity index (χ2v) is 21.8. The molecule has 0 aromatic heterocycles. The van der Waals surface area contributed by atoms with Crippen LogP contribution in [0.2, 0.25) is 0 Å². The minimum absolute atomic E-state index is 0.547. The molecule has 1 spiro atoms. The summed E-state index contributed by atoms with van der Waals surface area (Å²) in [5, 5.41) is 0. The topological polar surface area (TPSA) is 3.24 Å². The standard InChI is InChI=1S/C80H53N/c1-4-24-54(25-5-1)56-26-22-31-60(52-56)81(61-50-51-69-67-36-13-17-41-72(67)79(77(69)53-61,57-27-6-2-7-28-57)58-29-8-3-9-30-58)59-48-46-55(47-49-59)62-39-23-40-71-68-37-16-21-45-76(68)80(74-43-19-14-34-65(74)66-35-15-20-44-75(66)80)73-42-18-12-33-64(73)63-32-10-11-38-70(63)78(62)71/h1-53H. The number of benzene rings is 13. The van der Waals surface area contributed by atoms with Crippen molar-refractivity contribution in [1.82, 2.24) is 0 Å². The molecule has 0 saturated heterocycles. The Labute approximate surface area is 474 Å². The molecule has 16 rings (SSSR count). The predicted octanol–water partition coefficient (Wildman–Crippen LogP) is 20.5. The van der Waals surface area contributed by atoms with Gasteiger partial charge in [-0.05, 0) is 159 Å². The average molecular weight is 1030 g/mol. The van der Waals surface area contributed by atoms with E-state index in [9.17, 15) is 0 Å². The Kier molecular flexibility index (Phi) is 10.8. The highest BCUT2D eigenvalue weighted by molar-refractivity contribution is 6.04.